The van der Waals surface area contributed by atoms with E-state index < -0.39 is 5.97 Å². The van der Waals surface area contributed by atoms with Crippen molar-refractivity contribution in [2.75, 3.05) is 11.5 Å². The van der Waals surface area contributed by atoms with Crippen LogP contribution in [0.25, 0.3) is 0 Å². The number of carbonyl (C=O) groups is 1. The van der Waals surface area contributed by atoms with Gasteiger partial charge in [-0.05, 0) is 6.42 Å². The number of hydrogen-bond acceptors (Lipinski definition) is 3. The number of aliphatic carboxylic acids is 1. The van der Waals surface area contributed by atoms with Gasteiger partial charge in [-0.15, -0.1) is 11.8 Å². The van der Waals surface area contributed by atoms with E-state index in [1.54, 1.807) is 0 Å². The van der Waals surface area contributed by atoms with Crippen LogP contribution in [0.4, 0.5) is 0 Å². The summed E-state index contributed by atoms with van der Waals surface area (Å²) in [6.07, 6.45) is 28.1. The molecule has 0 bridgehead atoms. The van der Waals surface area contributed by atoms with Gasteiger partial charge in [0.1, 0.15) is 0 Å². The zero-order valence-electron chi connectivity index (χ0n) is 20.1. The molecule has 0 aliphatic heterocycles. The number of unbranched alkanes of at least 4 members (excludes halogenated alkanes) is 19. The lowest BCUT2D eigenvalue weighted by molar-refractivity contribution is -0.133. The van der Waals surface area contributed by atoms with E-state index in [2.05, 4.69) is 6.92 Å². The minimum absolute atomic E-state index is 0.0936. The first-order valence-corrected chi connectivity index (χ1v) is 14.3. The highest BCUT2D eigenvalue weighted by molar-refractivity contribution is 7.99. The van der Waals surface area contributed by atoms with E-state index in [0.29, 0.717) is 5.75 Å². The van der Waals surface area contributed by atoms with E-state index in [1.807, 2.05) is 0 Å². The fraction of sp³-hybridized carbons (Fsp3) is 0.962. The Kier molecular flexibility index (Phi) is 24.9. The van der Waals surface area contributed by atoms with Crippen LogP contribution in [0.2, 0.25) is 0 Å². The van der Waals surface area contributed by atoms with E-state index in [9.17, 15) is 9.90 Å². The molecule has 0 amide bonds. The van der Waals surface area contributed by atoms with Gasteiger partial charge < -0.3 is 10.2 Å². The SMILES string of the molecule is CCCCCCCCCCCCCCCCCCCCCCC(O)CSCC(=O)O. The standard InChI is InChI=1S/C26H52O3S/c1-2-3-4-5-6-7-8-9-10-11-12-13-14-15-16-17-18-19-20-21-22-25(27)23-30-24-26(28)29/h25,27H,2-24H2,1H3,(H,28,29). The van der Waals surface area contributed by atoms with Crippen LogP contribution in [0, 0.1) is 0 Å². The first-order chi connectivity index (χ1) is 14.7. The lowest BCUT2D eigenvalue weighted by atomic mass is 10.0. The van der Waals surface area contributed by atoms with E-state index in [0.717, 1.165) is 12.8 Å². The zero-order valence-corrected chi connectivity index (χ0v) is 20.9. The number of aliphatic hydroxyl groups is 1. The predicted molar refractivity (Wildman–Crippen MR) is 134 cm³/mol. The van der Waals surface area contributed by atoms with Crippen molar-refractivity contribution >= 4 is 17.7 Å². The van der Waals surface area contributed by atoms with Crippen molar-refractivity contribution in [3.63, 3.8) is 0 Å². The summed E-state index contributed by atoms with van der Waals surface area (Å²) in [6, 6.07) is 0. The Bertz CT molecular complexity index is 349. The molecule has 0 heterocycles. The third-order valence-electron chi connectivity index (χ3n) is 5.93. The summed E-state index contributed by atoms with van der Waals surface area (Å²) in [5, 5.41) is 18.4. The third-order valence-corrected chi connectivity index (χ3v) is 7.00. The molecule has 180 valence electrons. The van der Waals surface area contributed by atoms with Crippen LogP contribution in [-0.4, -0.2) is 33.8 Å². The maximum atomic E-state index is 10.4. The van der Waals surface area contributed by atoms with Crippen molar-refractivity contribution in [1.82, 2.24) is 0 Å². The smallest absolute Gasteiger partial charge is 0.313 e. The number of hydrogen-bond donors (Lipinski definition) is 2. The fourth-order valence-corrected chi connectivity index (χ4v) is 4.73. The van der Waals surface area contributed by atoms with Gasteiger partial charge in [-0.2, -0.15) is 0 Å². The average molecular weight is 445 g/mol. The quantitative estimate of drug-likeness (QED) is 0.139. The van der Waals surface area contributed by atoms with Crippen LogP contribution in [0.1, 0.15) is 142 Å². The van der Waals surface area contributed by atoms with Crippen LogP contribution < -0.4 is 0 Å². The Morgan fingerprint density at radius 1 is 0.633 bits per heavy atom. The molecule has 0 aliphatic carbocycles. The molecule has 0 aromatic heterocycles. The Labute approximate surface area is 192 Å². The van der Waals surface area contributed by atoms with Gasteiger partial charge in [-0.25, -0.2) is 0 Å². The monoisotopic (exact) mass is 444 g/mol. The highest BCUT2D eigenvalue weighted by atomic mass is 32.2. The summed E-state index contributed by atoms with van der Waals surface area (Å²) in [5.74, 6) is -0.159. The first kappa shape index (κ1) is 29.8. The van der Waals surface area contributed by atoms with Crippen LogP contribution in [0.5, 0.6) is 0 Å². The van der Waals surface area contributed by atoms with E-state index in [4.69, 9.17) is 5.11 Å². The maximum absolute atomic E-state index is 10.4. The number of rotatable bonds is 25. The van der Waals surface area contributed by atoms with Gasteiger partial charge in [-0.1, -0.05) is 135 Å². The van der Waals surface area contributed by atoms with E-state index in [-0.39, 0.29) is 11.9 Å². The van der Waals surface area contributed by atoms with Gasteiger partial charge in [0, 0.05) is 5.75 Å². The summed E-state index contributed by atoms with van der Waals surface area (Å²) < 4.78 is 0. The molecule has 0 aliphatic rings. The summed E-state index contributed by atoms with van der Waals surface area (Å²) in [6.45, 7) is 2.29. The molecule has 4 heteroatoms. The van der Waals surface area contributed by atoms with Crippen molar-refractivity contribution in [3.8, 4) is 0 Å². The number of carboxylic acids is 1. The molecular weight excluding hydrogens is 392 g/mol. The van der Waals surface area contributed by atoms with Crippen LogP contribution in [-0.2, 0) is 4.79 Å². The zero-order chi connectivity index (χ0) is 22.1. The highest BCUT2D eigenvalue weighted by Gasteiger charge is 2.05. The largest absolute Gasteiger partial charge is 0.481 e. The van der Waals surface area contributed by atoms with Gasteiger partial charge in [0.15, 0.2) is 0 Å². The topological polar surface area (TPSA) is 57.5 Å². The Balaban J connectivity index is 3.09. The van der Waals surface area contributed by atoms with Gasteiger partial charge in [0.2, 0.25) is 0 Å². The molecule has 0 spiro atoms. The number of thioether (sulfide) groups is 1. The van der Waals surface area contributed by atoms with E-state index in [1.165, 1.54) is 134 Å². The molecule has 0 aromatic rings. The van der Waals surface area contributed by atoms with Crippen molar-refractivity contribution in [2.24, 2.45) is 0 Å². The number of aliphatic hydroxyl groups excluding tert-OH is 1. The normalized spacial score (nSPS) is 12.3. The van der Waals surface area contributed by atoms with Gasteiger partial charge in [0.25, 0.3) is 0 Å². The second kappa shape index (κ2) is 25.0. The summed E-state index contributed by atoms with van der Waals surface area (Å²) in [7, 11) is 0. The lowest BCUT2D eigenvalue weighted by Gasteiger charge is -2.09. The molecule has 0 saturated carbocycles. The highest BCUT2D eigenvalue weighted by Crippen LogP contribution is 2.15. The Morgan fingerprint density at radius 3 is 1.30 bits per heavy atom. The van der Waals surface area contributed by atoms with Crippen molar-refractivity contribution in [3.05, 3.63) is 0 Å². The molecule has 30 heavy (non-hydrogen) atoms. The molecule has 0 aromatic carbocycles. The molecule has 0 rings (SSSR count). The minimum Gasteiger partial charge on any atom is -0.481 e. The summed E-state index contributed by atoms with van der Waals surface area (Å²) >= 11 is 1.31. The molecule has 1 unspecified atom stereocenters. The lowest BCUT2D eigenvalue weighted by Crippen LogP contribution is -2.11. The molecule has 3 nitrogen and oxygen atoms in total. The Hall–Kier alpha value is -0.220. The first-order valence-electron chi connectivity index (χ1n) is 13.1. The second-order valence-electron chi connectivity index (χ2n) is 9.07. The van der Waals surface area contributed by atoms with Crippen LogP contribution >= 0.6 is 11.8 Å². The summed E-state index contributed by atoms with van der Waals surface area (Å²) in [4.78, 5) is 10.4. The second-order valence-corrected chi connectivity index (χ2v) is 10.1. The van der Waals surface area contributed by atoms with Crippen molar-refractivity contribution in [1.29, 1.82) is 0 Å². The van der Waals surface area contributed by atoms with Gasteiger partial charge in [0.05, 0.1) is 11.9 Å². The maximum Gasteiger partial charge on any atom is 0.313 e. The van der Waals surface area contributed by atoms with Gasteiger partial charge >= 0.3 is 5.97 Å². The molecule has 0 fully saturated rings. The number of carboxylic acid groups (broad SMARTS) is 1. The van der Waals surface area contributed by atoms with Crippen LogP contribution in [0.3, 0.4) is 0 Å². The average Bonchev–Trinajstić information content (AvgIpc) is 2.72. The molecular formula is C26H52O3S. The fourth-order valence-electron chi connectivity index (χ4n) is 4.00. The molecule has 0 radical (unpaired) electrons. The Morgan fingerprint density at radius 2 is 0.967 bits per heavy atom. The minimum atomic E-state index is -0.800. The molecule has 0 saturated heterocycles. The van der Waals surface area contributed by atoms with Crippen LogP contribution in [0.15, 0.2) is 0 Å². The molecule has 1 atom stereocenters. The third kappa shape index (κ3) is 25.8. The van der Waals surface area contributed by atoms with Crippen molar-refractivity contribution in [2.45, 2.75) is 148 Å². The summed E-state index contributed by atoms with van der Waals surface area (Å²) in [5.41, 5.74) is 0. The predicted octanol–water partition coefficient (Wildman–Crippen LogP) is 8.38. The van der Waals surface area contributed by atoms with E-state index >= 15 is 0 Å². The molecule has 2 N–H and O–H groups in total. The van der Waals surface area contributed by atoms with Crippen molar-refractivity contribution < 1.29 is 15.0 Å². The van der Waals surface area contributed by atoms with Gasteiger partial charge in [-0.3, -0.25) is 4.79 Å².